The van der Waals surface area contributed by atoms with Crippen LogP contribution in [0, 0.1) is 6.92 Å². The normalized spacial score (nSPS) is 10.8. The van der Waals surface area contributed by atoms with Crippen LogP contribution in [0.2, 0.25) is 10.3 Å². The third kappa shape index (κ3) is 5.91. The summed E-state index contributed by atoms with van der Waals surface area (Å²) in [5.74, 6) is -0.0810. The van der Waals surface area contributed by atoms with Gasteiger partial charge in [0.15, 0.2) is 5.16 Å². The van der Waals surface area contributed by atoms with Crippen molar-refractivity contribution in [2.24, 2.45) is 0 Å². The zero-order chi connectivity index (χ0) is 22.5. The molecule has 0 aliphatic heterocycles. The summed E-state index contributed by atoms with van der Waals surface area (Å²) < 4.78 is 1.74. The molecule has 8 heteroatoms. The van der Waals surface area contributed by atoms with E-state index in [-0.39, 0.29) is 11.2 Å². The molecule has 0 unspecified atom stereocenters. The predicted octanol–water partition coefficient (Wildman–Crippen LogP) is 6.27. The molecule has 3 aromatic carbocycles. The monoisotopic (exact) mass is 482 g/mol. The van der Waals surface area contributed by atoms with E-state index in [1.165, 1.54) is 11.8 Å². The molecule has 162 valence electrons. The topological polar surface area (TPSA) is 59.8 Å². The molecule has 1 N–H and O–H groups in total. The maximum Gasteiger partial charge on any atom is 0.243 e. The first-order valence-corrected chi connectivity index (χ1v) is 11.5. The highest BCUT2D eigenvalue weighted by Crippen LogP contribution is 2.33. The van der Waals surface area contributed by atoms with Crippen LogP contribution in [0.3, 0.4) is 0 Å². The Labute approximate surface area is 200 Å². The molecule has 0 bridgehead atoms. The van der Waals surface area contributed by atoms with Gasteiger partial charge < -0.3 is 5.32 Å². The second-order valence-electron chi connectivity index (χ2n) is 7.26. The quantitative estimate of drug-likeness (QED) is 0.336. The largest absolute Gasteiger partial charge is 0.325 e. The summed E-state index contributed by atoms with van der Waals surface area (Å²) in [7, 11) is 0. The van der Waals surface area contributed by atoms with Crippen LogP contribution in [0.25, 0.3) is 0 Å². The van der Waals surface area contributed by atoms with Gasteiger partial charge in [-0.05, 0) is 65.7 Å². The van der Waals surface area contributed by atoms with E-state index in [1.54, 1.807) is 4.68 Å². The minimum Gasteiger partial charge on any atom is -0.325 e. The first-order chi connectivity index (χ1) is 15.5. The predicted molar refractivity (Wildman–Crippen MR) is 130 cm³/mol. The number of carbonyl (C=O) groups excluding carboxylic acids is 1. The van der Waals surface area contributed by atoms with E-state index in [9.17, 15) is 4.79 Å². The van der Waals surface area contributed by atoms with Crippen LogP contribution in [0.5, 0.6) is 0 Å². The standard InChI is InChI=1S/C24H20Cl2N4OS/c1-16-6-8-17(9-7-16)14-22(31)27-20-4-2-3-5-21(20)32-24-28-23(26)29-30(24)15-18-10-12-19(25)13-11-18/h2-13H,14-15H2,1H3,(H,27,31). The molecule has 4 aromatic rings. The van der Waals surface area contributed by atoms with Crippen molar-refractivity contribution in [2.45, 2.75) is 29.9 Å². The van der Waals surface area contributed by atoms with Crippen molar-refractivity contribution in [3.05, 3.63) is 99.8 Å². The molecule has 32 heavy (non-hydrogen) atoms. The number of para-hydroxylation sites is 1. The number of halogens is 2. The number of carbonyl (C=O) groups is 1. The molecule has 4 rings (SSSR count). The Morgan fingerprint density at radius 2 is 1.66 bits per heavy atom. The summed E-state index contributed by atoms with van der Waals surface area (Å²) in [5.41, 5.74) is 3.87. The van der Waals surface area contributed by atoms with Crippen molar-refractivity contribution < 1.29 is 4.79 Å². The lowest BCUT2D eigenvalue weighted by Crippen LogP contribution is -2.15. The molecule has 0 atom stereocenters. The van der Waals surface area contributed by atoms with Gasteiger partial charge in [0.05, 0.1) is 18.7 Å². The van der Waals surface area contributed by atoms with E-state index >= 15 is 0 Å². The zero-order valence-electron chi connectivity index (χ0n) is 17.3. The van der Waals surface area contributed by atoms with Crippen molar-refractivity contribution in [3.8, 4) is 0 Å². The number of aromatic nitrogens is 3. The summed E-state index contributed by atoms with van der Waals surface area (Å²) >= 11 is 13.5. The Morgan fingerprint density at radius 1 is 0.969 bits per heavy atom. The van der Waals surface area contributed by atoms with Crippen LogP contribution in [0.15, 0.2) is 82.8 Å². The number of aryl methyl sites for hydroxylation is 1. The molecule has 5 nitrogen and oxygen atoms in total. The molecule has 0 saturated heterocycles. The van der Waals surface area contributed by atoms with E-state index in [1.807, 2.05) is 79.7 Å². The number of rotatable bonds is 7. The van der Waals surface area contributed by atoms with Crippen LogP contribution in [-0.2, 0) is 17.8 Å². The van der Waals surface area contributed by atoms with Gasteiger partial charge in [-0.15, -0.1) is 5.10 Å². The number of benzene rings is 3. The van der Waals surface area contributed by atoms with Crippen LogP contribution in [-0.4, -0.2) is 20.7 Å². The van der Waals surface area contributed by atoms with Gasteiger partial charge in [-0.3, -0.25) is 4.79 Å². The fraction of sp³-hybridized carbons (Fsp3) is 0.125. The fourth-order valence-electron chi connectivity index (χ4n) is 3.09. The fourth-order valence-corrected chi connectivity index (χ4v) is 4.35. The average Bonchev–Trinajstić information content (AvgIpc) is 3.11. The van der Waals surface area contributed by atoms with Crippen LogP contribution in [0.1, 0.15) is 16.7 Å². The van der Waals surface area contributed by atoms with Crippen molar-refractivity contribution in [1.29, 1.82) is 0 Å². The van der Waals surface area contributed by atoms with Gasteiger partial charge in [0.2, 0.25) is 11.2 Å². The summed E-state index contributed by atoms with van der Waals surface area (Å²) in [4.78, 5) is 17.8. The van der Waals surface area contributed by atoms with E-state index < -0.39 is 0 Å². The second kappa shape index (κ2) is 10.2. The highest BCUT2D eigenvalue weighted by atomic mass is 35.5. The Hall–Kier alpha value is -2.80. The highest BCUT2D eigenvalue weighted by Gasteiger charge is 2.14. The molecular weight excluding hydrogens is 463 g/mol. The van der Waals surface area contributed by atoms with Gasteiger partial charge in [-0.1, -0.05) is 65.7 Å². The second-order valence-corrected chi connectivity index (χ2v) is 9.04. The van der Waals surface area contributed by atoms with Gasteiger partial charge in [0.1, 0.15) is 0 Å². The molecule has 0 radical (unpaired) electrons. The first-order valence-electron chi connectivity index (χ1n) is 9.93. The van der Waals surface area contributed by atoms with Gasteiger partial charge in [-0.25, -0.2) is 4.68 Å². The highest BCUT2D eigenvalue weighted by molar-refractivity contribution is 7.99. The van der Waals surface area contributed by atoms with E-state index in [0.29, 0.717) is 28.8 Å². The van der Waals surface area contributed by atoms with Gasteiger partial charge in [0, 0.05) is 9.92 Å². The van der Waals surface area contributed by atoms with Crippen LogP contribution >= 0.6 is 35.0 Å². The lowest BCUT2D eigenvalue weighted by Gasteiger charge is -2.11. The zero-order valence-corrected chi connectivity index (χ0v) is 19.6. The van der Waals surface area contributed by atoms with Gasteiger partial charge in [-0.2, -0.15) is 4.98 Å². The SMILES string of the molecule is Cc1ccc(CC(=O)Nc2ccccc2Sc2nc(Cl)nn2Cc2ccc(Cl)cc2)cc1. The summed E-state index contributed by atoms with van der Waals surface area (Å²) in [6.45, 7) is 2.52. The third-order valence-corrected chi connectivity index (χ3v) is 6.18. The summed E-state index contributed by atoms with van der Waals surface area (Å²) in [6, 6.07) is 23.1. The maximum absolute atomic E-state index is 12.6. The summed E-state index contributed by atoms with van der Waals surface area (Å²) in [6.07, 6.45) is 0.303. The molecule has 0 aliphatic rings. The lowest BCUT2D eigenvalue weighted by molar-refractivity contribution is -0.115. The number of hydrogen-bond donors (Lipinski definition) is 1. The van der Waals surface area contributed by atoms with Crippen molar-refractivity contribution in [3.63, 3.8) is 0 Å². The molecule has 1 heterocycles. The Bertz CT molecular complexity index is 1220. The third-order valence-electron chi connectivity index (χ3n) is 4.71. The number of amides is 1. The first kappa shape index (κ1) is 22.4. The van der Waals surface area contributed by atoms with E-state index in [0.717, 1.165) is 21.6 Å². The smallest absolute Gasteiger partial charge is 0.243 e. The number of anilines is 1. The Balaban J connectivity index is 1.50. The summed E-state index contributed by atoms with van der Waals surface area (Å²) in [5, 5.41) is 8.79. The Morgan fingerprint density at radius 3 is 2.41 bits per heavy atom. The molecular formula is C24H20Cl2N4OS. The maximum atomic E-state index is 12.6. The van der Waals surface area contributed by atoms with Crippen molar-refractivity contribution >= 4 is 46.6 Å². The molecule has 1 amide bonds. The molecule has 0 spiro atoms. The minimum atomic E-state index is -0.0810. The van der Waals surface area contributed by atoms with Gasteiger partial charge in [0.25, 0.3) is 0 Å². The average molecular weight is 483 g/mol. The molecule has 1 aromatic heterocycles. The lowest BCUT2D eigenvalue weighted by atomic mass is 10.1. The van der Waals surface area contributed by atoms with Crippen LogP contribution in [0.4, 0.5) is 5.69 Å². The number of hydrogen-bond acceptors (Lipinski definition) is 4. The van der Waals surface area contributed by atoms with E-state index in [2.05, 4.69) is 15.4 Å². The number of nitrogens with zero attached hydrogens (tertiary/aromatic N) is 3. The van der Waals surface area contributed by atoms with Crippen molar-refractivity contribution in [1.82, 2.24) is 14.8 Å². The molecule has 0 fully saturated rings. The van der Waals surface area contributed by atoms with Crippen molar-refractivity contribution in [2.75, 3.05) is 5.32 Å². The molecule has 0 saturated carbocycles. The minimum absolute atomic E-state index is 0.0810. The van der Waals surface area contributed by atoms with Gasteiger partial charge >= 0.3 is 0 Å². The molecule has 0 aliphatic carbocycles. The van der Waals surface area contributed by atoms with Crippen LogP contribution < -0.4 is 5.32 Å². The Kier molecular flexibility index (Phi) is 7.15. The number of nitrogens with one attached hydrogen (secondary N) is 1. The van der Waals surface area contributed by atoms with E-state index in [4.69, 9.17) is 23.2 Å².